The van der Waals surface area contributed by atoms with Crippen LogP contribution in [0.1, 0.15) is 45.7 Å². The molecule has 1 amide bonds. The van der Waals surface area contributed by atoms with E-state index in [4.69, 9.17) is 0 Å². The van der Waals surface area contributed by atoms with Crippen molar-refractivity contribution in [2.24, 2.45) is 0 Å². The molecule has 0 radical (unpaired) electrons. The summed E-state index contributed by atoms with van der Waals surface area (Å²) in [6, 6.07) is 8.34. The van der Waals surface area contributed by atoms with Crippen LogP contribution < -0.4 is 10.6 Å². The van der Waals surface area contributed by atoms with Gasteiger partial charge in [-0.3, -0.25) is 4.79 Å². The van der Waals surface area contributed by atoms with Crippen LogP contribution in [0.25, 0.3) is 0 Å². The predicted molar refractivity (Wildman–Crippen MR) is 83.1 cm³/mol. The van der Waals surface area contributed by atoms with E-state index in [0.717, 1.165) is 4.47 Å². The summed E-state index contributed by atoms with van der Waals surface area (Å²) in [7, 11) is 0. The molecule has 1 rings (SSSR count). The number of hydrogen-bond acceptors (Lipinski definition) is 2. The third-order valence-electron chi connectivity index (χ3n) is 2.69. The highest BCUT2D eigenvalue weighted by Gasteiger charge is 2.14. The van der Waals surface area contributed by atoms with Gasteiger partial charge in [-0.25, -0.2) is 0 Å². The van der Waals surface area contributed by atoms with Gasteiger partial charge in [0.25, 0.3) is 0 Å². The van der Waals surface area contributed by atoms with E-state index in [1.807, 2.05) is 39.0 Å². The molecule has 0 saturated carbocycles. The molecule has 1 aromatic rings. The summed E-state index contributed by atoms with van der Waals surface area (Å²) in [6.45, 7) is 8.73. The summed E-state index contributed by atoms with van der Waals surface area (Å²) < 4.78 is 1.09. The maximum absolute atomic E-state index is 11.7. The van der Waals surface area contributed by atoms with E-state index in [1.54, 1.807) is 0 Å². The Hall–Kier alpha value is -0.870. The Morgan fingerprint density at radius 3 is 2.53 bits per heavy atom. The lowest BCUT2D eigenvalue weighted by Crippen LogP contribution is -2.41. The molecule has 1 atom stereocenters. The van der Waals surface area contributed by atoms with Gasteiger partial charge < -0.3 is 10.6 Å². The highest BCUT2D eigenvalue weighted by molar-refractivity contribution is 9.10. The molecule has 0 aliphatic heterocycles. The molecule has 0 aliphatic rings. The second-order valence-corrected chi connectivity index (χ2v) is 6.60. The molecule has 3 nitrogen and oxygen atoms in total. The Balaban J connectivity index is 2.38. The zero-order valence-corrected chi connectivity index (χ0v) is 13.7. The zero-order chi connectivity index (χ0) is 14.5. The largest absolute Gasteiger partial charge is 0.351 e. The molecule has 0 bridgehead atoms. The van der Waals surface area contributed by atoms with Crippen LogP contribution in [0.15, 0.2) is 28.7 Å². The SMILES string of the molecule is CC(NCCC(=O)NC(C)(C)C)c1ccccc1Br. The number of halogens is 1. The second-order valence-electron chi connectivity index (χ2n) is 5.75. The molecular weight excluding hydrogens is 304 g/mol. The molecule has 0 heterocycles. The zero-order valence-electron chi connectivity index (χ0n) is 12.1. The lowest BCUT2D eigenvalue weighted by molar-refractivity contribution is -0.122. The van der Waals surface area contributed by atoms with E-state index in [1.165, 1.54) is 5.56 Å². The average Bonchev–Trinajstić information content (AvgIpc) is 2.26. The van der Waals surface area contributed by atoms with Crippen molar-refractivity contribution in [2.75, 3.05) is 6.54 Å². The molecule has 0 spiro atoms. The summed E-state index contributed by atoms with van der Waals surface area (Å²) in [4.78, 5) is 11.7. The van der Waals surface area contributed by atoms with Crippen LogP contribution in [0, 0.1) is 0 Å². The fourth-order valence-corrected chi connectivity index (χ4v) is 2.45. The van der Waals surface area contributed by atoms with Crippen LogP contribution in [0.4, 0.5) is 0 Å². The summed E-state index contributed by atoms with van der Waals surface area (Å²) in [5.41, 5.74) is 1.05. The van der Waals surface area contributed by atoms with Crippen LogP contribution in [-0.2, 0) is 4.79 Å². The second kappa shape index (κ2) is 7.06. The number of hydrogen-bond donors (Lipinski definition) is 2. The summed E-state index contributed by atoms with van der Waals surface area (Å²) in [5.74, 6) is 0.0827. The maximum atomic E-state index is 11.7. The molecule has 19 heavy (non-hydrogen) atoms. The van der Waals surface area contributed by atoms with Crippen LogP contribution in [-0.4, -0.2) is 18.0 Å². The van der Waals surface area contributed by atoms with Crippen molar-refractivity contribution < 1.29 is 4.79 Å². The van der Waals surface area contributed by atoms with Gasteiger partial charge in [0, 0.05) is 29.0 Å². The summed E-state index contributed by atoms with van der Waals surface area (Å²) >= 11 is 3.54. The Morgan fingerprint density at radius 1 is 1.32 bits per heavy atom. The number of carbonyl (C=O) groups excluding carboxylic acids is 1. The molecule has 0 aliphatic carbocycles. The Kier molecular flexibility index (Phi) is 6.01. The van der Waals surface area contributed by atoms with Gasteiger partial charge in [-0.2, -0.15) is 0 Å². The monoisotopic (exact) mass is 326 g/mol. The lowest BCUT2D eigenvalue weighted by Gasteiger charge is -2.21. The number of carbonyl (C=O) groups is 1. The van der Waals surface area contributed by atoms with Gasteiger partial charge in [-0.1, -0.05) is 34.1 Å². The lowest BCUT2D eigenvalue weighted by atomic mass is 10.1. The molecule has 1 unspecified atom stereocenters. The van der Waals surface area contributed by atoms with E-state index in [2.05, 4.69) is 39.6 Å². The minimum Gasteiger partial charge on any atom is -0.351 e. The number of amides is 1. The van der Waals surface area contributed by atoms with E-state index < -0.39 is 0 Å². The number of rotatable bonds is 5. The van der Waals surface area contributed by atoms with Gasteiger partial charge in [0.05, 0.1) is 0 Å². The molecule has 0 aromatic heterocycles. The normalized spacial score (nSPS) is 13.1. The van der Waals surface area contributed by atoms with Crippen molar-refractivity contribution >= 4 is 21.8 Å². The fourth-order valence-electron chi connectivity index (χ4n) is 1.82. The van der Waals surface area contributed by atoms with Gasteiger partial charge in [-0.15, -0.1) is 0 Å². The van der Waals surface area contributed by atoms with Crippen LogP contribution in [0.2, 0.25) is 0 Å². The number of benzene rings is 1. The third kappa shape index (κ3) is 6.21. The maximum Gasteiger partial charge on any atom is 0.221 e. The molecular formula is C15H23BrN2O. The van der Waals surface area contributed by atoms with E-state index in [-0.39, 0.29) is 17.5 Å². The molecule has 2 N–H and O–H groups in total. The minimum atomic E-state index is -0.162. The smallest absolute Gasteiger partial charge is 0.221 e. The van der Waals surface area contributed by atoms with Crippen LogP contribution in [0.3, 0.4) is 0 Å². The fraction of sp³-hybridized carbons (Fsp3) is 0.533. The van der Waals surface area contributed by atoms with E-state index in [0.29, 0.717) is 13.0 Å². The Bertz CT molecular complexity index is 426. The number of nitrogens with one attached hydrogen (secondary N) is 2. The van der Waals surface area contributed by atoms with Crippen molar-refractivity contribution in [2.45, 2.75) is 45.7 Å². The van der Waals surface area contributed by atoms with Crippen LogP contribution in [0.5, 0.6) is 0 Å². The van der Waals surface area contributed by atoms with Crippen molar-refractivity contribution in [3.63, 3.8) is 0 Å². The van der Waals surface area contributed by atoms with Crippen molar-refractivity contribution in [3.05, 3.63) is 34.3 Å². The topological polar surface area (TPSA) is 41.1 Å². The minimum absolute atomic E-state index is 0.0827. The quantitative estimate of drug-likeness (QED) is 0.870. The first-order chi connectivity index (χ1) is 8.79. The van der Waals surface area contributed by atoms with Gasteiger partial charge in [0.1, 0.15) is 0 Å². The molecule has 0 saturated heterocycles. The van der Waals surface area contributed by atoms with E-state index in [9.17, 15) is 4.79 Å². The third-order valence-corrected chi connectivity index (χ3v) is 3.41. The first-order valence-electron chi connectivity index (χ1n) is 6.58. The van der Waals surface area contributed by atoms with E-state index >= 15 is 0 Å². The Morgan fingerprint density at radius 2 is 1.95 bits per heavy atom. The molecule has 4 heteroatoms. The highest BCUT2D eigenvalue weighted by atomic mass is 79.9. The van der Waals surface area contributed by atoms with Gasteiger partial charge in [-0.05, 0) is 39.3 Å². The molecule has 0 fully saturated rings. The summed E-state index contributed by atoms with van der Waals surface area (Å²) in [6.07, 6.45) is 0.492. The van der Waals surface area contributed by atoms with Crippen molar-refractivity contribution in [1.29, 1.82) is 0 Å². The van der Waals surface area contributed by atoms with Crippen molar-refractivity contribution in [1.82, 2.24) is 10.6 Å². The van der Waals surface area contributed by atoms with Gasteiger partial charge in [0.15, 0.2) is 0 Å². The summed E-state index contributed by atoms with van der Waals surface area (Å²) in [5, 5.41) is 6.32. The van der Waals surface area contributed by atoms with Gasteiger partial charge >= 0.3 is 0 Å². The molecule has 106 valence electrons. The predicted octanol–water partition coefficient (Wildman–Crippen LogP) is 3.40. The molecule has 1 aromatic carbocycles. The standard InChI is InChI=1S/C15H23BrN2O/c1-11(12-7-5-6-8-13(12)16)17-10-9-14(19)18-15(2,3)4/h5-8,11,17H,9-10H2,1-4H3,(H,18,19). The Labute approximate surface area is 124 Å². The first kappa shape index (κ1) is 16.2. The van der Waals surface area contributed by atoms with Crippen molar-refractivity contribution in [3.8, 4) is 0 Å². The van der Waals surface area contributed by atoms with Crippen LogP contribution >= 0.6 is 15.9 Å². The highest BCUT2D eigenvalue weighted by Crippen LogP contribution is 2.22. The van der Waals surface area contributed by atoms with Gasteiger partial charge in [0.2, 0.25) is 5.91 Å². The average molecular weight is 327 g/mol. The first-order valence-corrected chi connectivity index (χ1v) is 7.38.